The quantitative estimate of drug-likeness (QED) is 0.222. The molecule has 0 saturated carbocycles. The van der Waals surface area contributed by atoms with Gasteiger partial charge in [0.05, 0.1) is 23.7 Å². The van der Waals surface area contributed by atoms with Crippen LogP contribution in [0.25, 0.3) is 71.7 Å². The first-order valence-corrected chi connectivity index (χ1v) is 15.2. The molecular weight excluding hydrogens is 557 g/mol. The van der Waals surface area contributed by atoms with Gasteiger partial charge in [0.2, 0.25) is 0 Å². The van der Waals surface area contributed by atoms with Crippen molar-refractivity contribution in [1.82, 2.24) is 14.5 Å². The molecule has 1 N–H and O–H groups in total. The zero-order valence-electron chi connectivity index (χ0n) is 25.7. The Morgan fingerprint density at radius 2 is 1.47 bits per heavy atom. The molecule has 0 aliphatic rings. The number of aromatic nitrogens is 3. The van der Waals surface area contributed by atoms with Crippen molar-refractivity contribution >= 4 is 43.6 Å². The van der Waals surface area contributed by atoms with E-state index in [9.17, 15) is 0 Å². The number of H-pyrrole nitrogens is 1. The zero-order chi connectivity index (χ0) is 30.9. The Hall–Kier alpha value is -5.42. The molecule has 0 spiro atoms. The number of nitrogens with zero attached hydrogens (tertiary/aromatic N) is 2. The van der Waals surface area contributed by atoms with Crippen molar-refractivity contribution in [2.24, 2.45) is 0 Å². The number of benzene rings is 5. The molecule has 5 aromatic carbocycles. The molecule has 8 rings (SSSR count). The second-order valence-electron chi connectivity index (χ2n) is 12.6. The lowest BCUT2D eigenvalue weighted by atomic mass is 9.88. The Balaban J connectivity index is 1.46. The summed E-state index contributed by atoms with van der Waals surface area (Å²) in [6, 6.07) is 36.4. The highest BCUT2D eigenvalue weighted by atomic mass is 19.1. The Labute approximate surface area is 260 Å². The minimum Gasteiger partial charge on any atom is -0.497 e. The summed E-state index contributed by atoms with van der Waals surface area (Å²) in [6.45, 7) is 6.58. The molecular formula is C40H32FN3O. The highest BCUT2D eigenvalue weighted by molar-refractivity contribution is 6.18. The molecule has 5 heteroatoms. The van der Waals surface area contributed by atoms with Crippen LogP contribution in [0.1, 0.15) is 26.3 Å². The smallest absolute Gasteiger partial charge is 0.137 e. The fourth-order valence-electron chi connectivity index (χ4n) is 6.74. The lowest BCUT2D eigenvalue weighted by molar-refractivity contribution is 0.415. The van der Waals surface area contributed by atoms with Gasteiger partial charge >= 0.3 is 0 Å². The second kappa shape index (κ2) is 10.1. The van der Waals surface area contributed by atoms with Crippen LogP contribution in [-0.4, -0.2) is 21.6 Å². The Morgan fingerprint density at radius 1 is 0.711 bits per heavy atom. The van der Waals surface area contributed by atoms with Crippen molar-refractivity contribution in [2.45, 2.75) is 26.2 Å². The minimum atomic E-state index is -0.273. The van der Waals surface area contributed by atoms with Gasteiger partial charge in [0.1, 0.15) is 17.4 Å². The number of hydrogen-bond donors (Lipinski definition) is 1. The fourth-order valence-corrected chi connectivity index (χ4v) is 6.74. The zero-order valence-corrected chi connectivity index (χ0v) is 25.7. The average molecular weight is 590 g/mol. The average Bonchev–Trinajstić information content (AvgIpc) is 3.60. The van der Waals surface area contributed by atoms with E-state index in [1.54, 1.807) is 13.2 Å². The number of aromatic amines is 1. The van der Waals surface area contributed by atoms with Gasteiger partial charge in [-0.05, 0) is 64.6 Å². The van der Waals surface area contributed by atoms with E-state index in [4.69, 9.17) is 9.72 Å². The van der Waals surface area contributed by atoms with Gasteiger partial charge in [-0.25, -0.2) is 9.37 Å². The first-order chi connectivity index (χ1) is 21.8. The molecule has 8 aromatic rings. The van der Waals surface area contributed by atoms with Crippen LogP contribution in [0.2, 0.25) is 0 Å². The highest BCUT2D eigenvalue weighted by Crippen LogP contribution is 2.45. The lowest BCUT2D eigenvalue weighted by Crippen LogP contribution is -2.12. The van der Waals surface area contributed by atoms with Gasteiger partial charge in [0.25, 0.3) is 0 Å². The van der Waals surface area contributed by atoms with E-state index in [-0.39, 0.29) is 11.2 Å². The minimum absolute atomic E-state index is 0.0615. The van der Waals surface area contributed by atoms with Crippen LogP contribution in [-0.2, 0) is 5.41 Å². The van der Waals surface area contributed by atoms with Crippen molar-refractivity contribution in [3.8, 4) is 33.8 Å². The number of halogens is 1. The van der Waals surface area contributed by atoms with Gasteiger partial charge in [0.15, 0.2) is 0 Å². The number of hydrogen-bond acceptors (Lipinski definition) is 2. The number of para-hydroxylation sites is 2. The molecule has 0 bridgehead atoms. The SMILES string of the molecule is COc1ccc2c3c(-c4ccccc4-c4cccc5c4[nH]c4ccccc45)c(F)ccc3n(-c3cc(C(C)(C)C)ccn3)c2c1. The van der Waals surface area contributed by atoms with Gasteiger partial charge in [-0.15, -0.1) is 0 Å². The molecule has 220 valence electrons. The van der Waals surface area contributed by atoms with Crippen molar-refractivity contribution in [3.05, 3.63) is 127 Å². The first kappa shape index (κ1) is 27.2. The molecule has 0 amide bonds. The molecule has 3 heterocycles. The summed E-state index contributed by atoms with van der Waals surface area (Å²) in [7, 11) is 1.67. The number of rotatable bonds is 4. The molecule has 0 radical (unpaired) electrons. The summed E-state index contributed by atoms with van der Waals surface area (Å²) < 4.78 is 24.2. The van der Waals surface area contributed by atoms with Crippen molar-refractivity contribution < 1.29 is 9.13 Å². The predicted molar refractivity (Wildman–Crippen MR) is 184 cm³/mol. The third-order valence-corrected chi connectivity index (χ3v) is 8.96. The second-order valence-corrected chi connectivity index (χ2v) is 12.6. The maximum Gasteiger partial charge on any atom is 0.137 e. The first-order valence-electron chi connectivity index (χ1n) is 15.2. The van der Waals surface area contributed by atoms with Crippen LogP contribution in [0.15, 0.2) is 115 Å². The third kappa shape index (κ3) is 4.22. The summed E-state index contributed by atoms with van der Waals surface area (Å²) in [6.07, 6.45) is 1.86. The van der Waals surface area contributed by atoms with Gasteiger partial charge in [0, 0.05) is 50.5 Å². The standard InChI is InChI=1S/C40H32FN3O/c1-40(2,3)24-20-21-42-36(22-24)44-34-19-18-32(41)37(38(34)31-17-16-25(45-4)23-35(31)44)28-12-6-5-10-26(28)29-13-9-14-30-27-11-7-8-15-33(27)43-39(29)30/h5-23,43H,1-4H3. The molecule has 0 atom stereocenters. The van der Waals surface area contributed by atoms with E-state index in [0.29, 0.717) is 5.56 Å². The summed E-state index contributed by atoms with van der Waals surface area (Å²) in [5.41, 5.74) is 8.40. The highest BCUT2D eigenvalue weighted by Gasteiger charge is 2.24. The fraction of sp³-hybridized carbons (Fsp3) is 0.125. The van der Waals surface area contributed by atoms with Gasteiger partial charge in [-0.3, -0.25) is 4.57 Å². The van der Waals surface area contributed by atoms with Gasteiger partial charge in [-0.1, -0.05) is 81.4 Å². The van der Waals surface area contributed by atoms with Crippen LogP contribution in [0.5, 0.6) is 5.75 Å². The molecule has 45 heavy (non-hydrogen) atoms. The van der Waals surface area contributed by atoms with Crippen LogP contribution in [0.4, 0.5) is 4.39 Å². The predicted octanol–water partition coefficient (Wildman–Crippen LogP) is 10.6. The number of ether oxygens (including phenoxy) is 1. The third-order valence-electron chi connectivity index (χ3n) is 8.96. The van der Waals surface area contributed by atoms with Crippen molar-refractivity contribution in [2.75, 3.05) is 7.11 Å². The number of nitrogens with one attached hydrogen (secondary N) is 1. The van der Waals surface area contributed by atoms with Crippen LogP contribution >= 0.6 is 0 Å². The summed E-state index contributed by atoms with van der Waals surface area (Å²) >= 11 is 0. The summed E-state index contributed by atoms with van der Waals surface area (Å²) in [4.78, 5) is 8.46. The van der Waals surface area contributed by atoms with Crippen molar-refractivity contribution in [3.63, 3.8) is 0 Å². The molecule has 0 aliphatic carbocycles. The van der Waals surface area contributed by atoms with E-state index in [1.807, 2.05) is 54.7 Å². The largest absolute Gasteiger partial charge is 0.497 e. The maximum absolute atomic E-state index is 16.4. The molecule has 3 aromatic heterocycles. The number of methoxy groups -OCH3 is 1. The topological polar surface area (TPSA) is 42.8 Å². The summed E-state index contributed by atoms with van der Waals surface area (Å²) in [5.74, 6) is 1.24. The molecule has 4 nitrogen and oxygen atoms in total. The van der Waals surface area contributed by atoms with Crippen molar-refractivity contribution in [1.29, 1.82) is 0 Å². The van der Waals surface area contributed by atoms with E-state index in [0.717, 1.165) is 66.5 Å². The Bertz CT molecular complexity index is 2430. The van der Waals surface area contributed by atoms with Crippen LogP contribution in [0, 0.1) is 5.82 Å². The maximum atomic E-state index is 16.4. The van der Waals surface area contributed by atoms with E-state index >= 15 is 4.39 Å². The lowest BCUT2D eigenvalue weighted by Gasteiger charge is -2.20. The molecule has 0 aliphatic heterocycles. The Kier molecular flexibility index (Phi) is 6.07. The molecule has 0 saturated heterocycles. The van der Waals surface area contributed by atoms with E-state index in [1.165, 1.54) is 10.9 Å². The Morgan fingerprint density at radius 3 is 2.29 bits per heavy atom. The van der Waals surface area contributed by atoms with E-state index < -0.39 is 0 Å². The van der Waals surface area contributed by atoms with Gasteiger partial charge < -0.3 is 9.72 Å². The monoisotopic (exact) mass is 589 g/mol. The van der Waals surface area contributed by atoms with E-state index in [2.05, 4.69) is 84.9 Å². The molecule has 0 fully saturated rings. The van der Waals surface area contributed by atoms with Crippen LogP contribution < -0.4 is 4.74 Å². The number of pyridine rings is 1. The van der Waals surface area contributed by atoms with Crippen LogP contribution in [0.3, 0.4) is 0 Å². The van der Waals surface area contributed by atoms with Gasteiger partial charge in [-0.2, -0.15) is 0 Å². The molecule has 0 unspecified atom stereocenters. The summed E-state index contributed by atoms with van der Waals surface area (Å²) in [5, 5.41) is 4.08. The number of fused-ring (bicyclic) bond motifs is 6. The normalized spacial score (nSPS) is 12.1.